The second kappa shape index (κ2) is 6.68. The SMILES string of the molecule is O=C(O)c1cccc2cccc(C(=O)O)c12.[Li+].[Li+]. The van der Waals surface area contributed by atoms with Gasteiger partial charge in [-0.2, -0.15) is 0 Å². The van der Waals surface area contributed by atoms with Crippen LogP contribution in [0.15, 0.2) is 36.4 Å². The summed E-state index contributed by atoms with van der Waals surface area (Å²) in [6.45, 7) is 0. The molecule has 18 heavy (non-hydrogen) atoms. The first-order valence-electron chi connectivity index (χ1n) is 4.59. The first-order valence-corrected chi connectivity index (χ1v) is 4.59. The van der Waals surface area contributed by atoms with Crippen molar-refractivity contribution in [2.45, 2.75) is 0 Å². The average molecular weight is 230 g/mol. The zero-order chi connectivity index (χ0) is 11.7. The average Bonchev–Trinajstić information content (AvgIpc) is 2.27. The van der Waals surface area contributed by atoms with E-state index in [4.69, 9.17) is 10.2 Å². The summed E-state index contributed by atoms with van der Waals surface area (Å²) >= 11 is 0. The van der Waals surface area contributed by atoms with Crippen LogP contribution < -0.4 is 37.7 Å². The normalized spacial score (nSPS) is 9.11. The number of rotatable bonds is 2. The van der Waals surface area contributed by atoms with Crippen molar-refractivity contribution in [2.75, 3.05) is 0 Å². The van der Waals surface area contributed by atoms with Gasteiger partial charge >= 0.3 is 49.7 Å². The largest absolute Gasteiger partial charge is 1.00 e. The van der Waals surface area contributed by atoms with Gasteiger partial charge in [0.2, 0.25) is 0 Å². The van der Waals surface area contributed by atoms with Crippen LogP contribution in [0, 0.1) is 0 Å². The maximum Gasteiger partial charge on any atom is 1.00 e. The first-order chi connectivity index (χ1) is 7.61. The van der Waals surface area contributed by atoms with E-state index in [1.807, 2.05) is 0 Å². The maximum absolute atomic E-state index is 11.0. The van der Waals surface area contributed by atoms with E-state index >= 15 is 0 Å². The molecule has 0 aliphatic carbocycles. The third-order valence-corrected chi connectivity index (χ3v) is 2.37. The molecule has 0 bridgehead atoms. The molecule has 6 heteroatoms. The number of benzene rings is 2. The number of carbonyl (C=O) groups is 2. The van der Waals surface area contributed by atoms with Crippen molar-refractivity contribution in [3.8, 4) is 0 Å². The van der Waals surface area contributed by atoms with Crippen molar-refractivity contribution in [1.29, 1.82) is 0 Å². The summed E-state index contributed by atoms with van der Waals surface area (Å²) in [5, 5.41) is 18.9. The molecule has 0 fully saturated rings. The zero-order valence-corrected chi connectivity index (χ0v) is 10.2. The molecular formula is C12H8Li2O4+2. The molecule has 0 saturated heterocycles. The second-order valence-electron chi connectivity index (χ2n) is 3.32. The van der Waals surface area contributed by atoms with Crippen LogP contribution >= 0.6 is 0 Å². The van der Waals surface area contributed by atoms with Crippen LogP contribution in [0.25, 0.3) is 10.8 Å². The van der Waals surface area contributed by atoms with Gasteiger partial charge in [0.05, 0.1) is 11.1 Å². The summed E-state index contributed by atoms with van der Waals surface area (Å²) in [5.74, 6) is -2.25. The van der Waals surface area contributed by atoms with E-state index in [-0.39, 0.29) is 54.2 Å². The number of carboxylic acid groups (broad SMARTS) is 2. The molecule has 2 aromatic carbocycles. The Labute approximate surface area is 127 Å². The van der Waals surface area contributed by atoms with Crippen molar-refractivity contribution in [1.82, 2.24) is 0 Å². The minimum Gasteiger partial charge on any atom is -0.478 e. The van der Waals surface area contributed by atoms with Gasteiger partial charge < -0.3 is 10.2 Å². The molecule has 0 radical (unpaired) electrons. The second-order valence-corrected chi connectivity index (χ2v) is 3.32. The summed E-state index contributed by atoms with van der Waals surface area (Å²) in [4.78, 5) is 22.0. The van der Waals surface area contributed by atoms with Crippen molar-refractivity contribution < 1.29 is 57.5 Å². The van der Waals surface area contributed by atoms with Crippen LogP contribution in [0.5, 0.6) is 0 Å². The van der Waals surface area contributed by atoms with Gasteiger partial charge in [0.25, 0.3) is 0 Å². The molecule has 0 heterocycles. The molecule has 2 rings (SSSR count). The van der Waals surface area contributed by atoms with Gasteiger partial charge in [-0.05, 0) is 17.5 Å². The van der Waals surface area contributed by atoms with Crippen LogP contribution in [0.4, 0.5) is 0 Å². The summed E-state index contributed by atoms with van der Waals surface area (Å²) in [6.07, 6.45) is 0. The Balaban J connectivity index is 0.00000144. The fraction of sp³-hybridized carbons (Fsp3) is 0. The standard InChI is InChI=1S/C12H8O4.2Li/c13-11(14)8-5-1-3-7-4-2-6-9(10(7)8)12(15)16;;/h1-6H,(H,13,14)(H,15,16);;/q;2*+1. The Morgan fingerprint density at radius 3 is 1.50 bits per heavy atom. The molecule has 0 amide bonds. The Bertz CT molecular complexity index is 547. The van der Waals surface area contributed by atoms with Crippen LogP contribution in [-0.2, 0) is 0 Å². The van der Waals surface area contributed by atoms with Crippen LogP contribution in [0.2, 0.25) is 0 Å². The van der Waals surface area contributed by atoms with E-state index in [1.165, 1.54) is 12.1 Å². The van der Waals surface area contributed by atoms with Crippen LogP contribution in [-0.4, -0.2) is 22.2 Å². The Kier molecular flexibility index (Phi) is 6.25. The monoisotopic (exact) mass is 230 g/mol. The third-order valence-electron chi connectivity index (χ3n) is 2.37. The van der Waals surface area contributed by atoms with Gasteiger partial charge in [0.1, 0.15) is 0 Å². The van der Waals surface area contributed by atoms with E-state index in [9.17, 15) is 9.59 Å². The number of carboxylic acids is 2. The molecule has 0 spiro atoms. The minimum atomic E-state index is -1.13. The van der Waals surface area contributed by atoms with E-state index < -0.39 is 11.9 Å². The number of aromatic carboxylic acids is 2. The smallest absolute Gasteiger partial charge is 0.478 e. The maximum atomic E-state index is 11.0. The van der Waals surface area contributed by atoms with Crippen molar-refractivity contribution in [2.24, 2.45) is 0 Å². The summed E-state index contributed by atoms with van der Waals surface area (Å²) in [7, 11) is 0. The topological polar surface area (TPSA) is 74.6 Å². The van der Waals surface area contributed by atoms with Crippen LogP contribution in [0.3, 0.4) is 0 Å². The van der Waals surface area contributed by atoms with E-state index in [1.54, 1.807) is 24.3 Å². The molecular weight excluding hydrogens is 222 g/mol. The molecule has 2 N–H and O–H groups in total. The first kappa shape index (κ1) is 16.8. The fourth-order valence-corrected chi connectivity index (χ4v) is 1.70. The van der Waals surface area contributed by atoms with Gasteiger partial charge in [-0.25, -0.2) is 9.59 Å². The Hall–Kier alpha value is -1.17. The number of fused-ring (bicyclic) bond motifs is 1. The van der Waals surface area contributed by atoms with Gasteiger partial charge in [0, 0.05) is 5.39 Å². The molecule has 0 atom stereocenters. The Morgan fingerprint density at radius 1 is 0.778 bits per heavy atom. The predicted octanol–water partition coefficient (Wildman–Crippen LogP) is -3.76. The van der Waals surface area contributed by atoms with Crippen molar-refractivity contribution in [3.63, 3.8) is 0 Å². The quantitative estimate of drug-likeness (QED) is 0.520. The molecule has 0 unspecified atom stereocenters. The Morgan fingerprint density at radius 2 is 1.17 bits per heavy atom. The fourth-order valence-electron chi connectivity index (χ4n) is 1.70. The zero-order valence-electron chi connectivity index (χ0n) is 10.2. The van der Waals surface area contributed by atoms with Crippen molar-refractivity contribution in [3.05, 3.63) is 47.5 Å². The number of hydrogen-bond acceptors (Lipinski definition) is 2. The van der Waals surface area contributed by atoms with Gasteiger partial charge in [-0.15, -0.1) is 0 Å². The van der Waals surface area contributed by atoms with Crippen molar-refractivity contribution >= 4 is 22.7 Å². The molecule has 0 aromatic heterocycles. The summed E-state index contributed by atoms with van der Waals surface area (Å²) in [5.41, 5.74) is 0.0194. The predicted molar refractivity (Wildman–Crippen MR) is 57.9 cm³/mol. The molecule has 4 nitrogen and oxygen atoms in total. The molecule has 80 valence electrons. The van der Waals surface area contributed by atoms with Gasteiger partial charge in [-0.3, -0.25) is 0 Å². The van der Waals surface area contributed by atoms with Gasteiger partial charge in [-0.1, -0.05) is 24.3 Å². The summed E-state index contributed by atoms with van der Waals surface area (Å²) in [6, 6.07) is 9.37. The molecule has 0 aliphatic rings. The van der Waals surface area contributed by atoms with E-state index in [2.05, 4.69) is 0 Å². The van der Waals surface area contributed by atoms with E-state index in [0.717, 1.165) is 0 Å². The van der Waals surface area contributed by atoms with Crippen LogP contribution in [0.1, 0.15) is 20.7 Å². The minimum absolute atomic E-state index is 0. The summed E-state index contributed by atoms with van der Waals surface area (Å²) < 4.78 is 0. The number of hydrogen-bond donors (Lipinski definition) is 2. The molecule has 0 saturated carbocycles. The van der Waals surface area contributed by atoms with E-state index in [0.29, 0.717) is 5.39 Å². The molecule has 2 aromatic rings. The third kappa shape index (κ3) is 2.99. The van der Waals surface area contributed by atoms with Gasteiger partial charge in [0.15, 0.2) is 0 Å². The molecule has 0 aliphatic heterocycles.